The Morgan fingerprint density at radius 1 is 1.14 bits per heavy atom. The molecule has 0 bridgehead atoms. The van der Waals surface area contributed by atoms with Crippen LogP contribution in [0.2, 0.25) is 0 Å². The lowest BCUT2D eigenvalue weighted by molar-refractivity contribution is -0.115. The van der Waals surface area contributed by atoms with Crippen LogP contribution in [0.1, 0.15) is 5.69 Å². The number of oxazole rings is 1. The van der Waals surface area contributed by atoms with Gasteiger partial charge >= 0.3 is 0 Å². The maximum atomic E-state index is 12.0. The zero-order valence-corrected chi connectivity index (χ0v) is 13.8. The number of nitrogens with one attached hydrogen (secondary N) is 1. The van der Waals surface area contributed by atoms with Crippen molar-refractivity contribution in [3.8, 4) is 11.5 Å². The van der Waals surface area contributed by atoms with E-state index >= 15 is 0 Å². The highest BCUT2D eigenvalue weighted by atomic mass is 127. The number of aromatic nitrogens is 1. The molecule has 0 aliphatic carbocycles. The van der Waals surface area contributed by atoms with E-state index in [2.05, 4.69) is 32.9 Å². The van der Waals surface area contributed by atoms with Crippen LogP contribution in [-0.4, -0.2) is 10.9 Å². The number of nitrogens with zero attached hydrogens (tertiary/aromatic N) is 1. The van der Waals surface area contributed by atoms with Crippen molar-refractivity contribution >= 4 is 34.2 Å². The Labute approximate surface area is 141 Å². The molecule has 0 aliphatic heterocycles. The van der Waals surface area contributed by atoms with Crippen LogP contribution >= 0.6 is 22.6 Å². The van der Waals surface area contributed by atoms with Crippen molar-refractivity contribution < 1.29 is 9.21 Å². The number of hydrogen-bond acceptors (Lipinski definition) is 3. The first-order valence-corrected chi connectivity index (χ1v) is 7.84. The highest BCUT2D eigenvalue weighted by Gasteiger charge is 2.10. The maximum Gasteiger partial charge on any atom is 0.230 e. The fourth-order valence-corrected chi connectivity index (χ4v) is 2.58. The molecule has 0 spiro atoms. The molecule has 0 radical (unpaired) electrons. The van der Waals surface area contributed by atoms with Crippen molar-refractivity contribution in [2.45, 2.75) is 6.42 Å². The first-order valence-electron chi connectivity index (χ1n) is 6.76. The number of carbonyl (C=O) groups excluding carboxylic acids is 1. The molecule has 4 nitrogen and oxygen atoms in total. The molecule has 0 atom stereocenters. The SMILES string of the molecule is O=C(Cc1coc(-c2ccccc2)n1)Nc1cccc(I)c1. The van der Waals surface area contributed by atoms with E-state index in [1.54, 1.807) is 0 Å². The summed E-state index contributed by atoms with van der Waals surface area (Å²) in [6, 6.07) is 17.3. The van der Waals surface area contributed by atoms with Gasteiger partial charge in [0.05, 0.1) is 12.1 Å². The minimum Gasteiger partial charge on any atom is -0.444 e. The van der Waals surface area contributed by atoms with Gasteiger partial charge < -0.3 is 9.73 Å². The molecule has 2 aromatic carbocycles. The topological polar surface area (TPSA) is 55.1 Å². The average molecular weight is 404 g/mol. The summed E-state index contributed by atoms with van der Waals surface area (Å²) in [5.41, 5.74) is 2.29. The van der Waals surface area contributed by atoms with Crippen molar-refractivity contribution in [2.75, 3.05) is 5.32 Å². The number of amides is 1. The van der Waals surface area contributed by atoms with Gasteiger partial charge in [0.2, 0.25) is 11.8 Å². The predicted molar refractivity (Wildman–Crippen MR) is 93.4 cm³/mol. The Morgan fingerprint density at radius 2 is 1.95 bits per heavy atom. The van der Waals surface area contributed by atoms with Crippen LogP contribution in [0, 0.1) is 3.57 Å². The largest absolute Gasteiger partial charge is 0.444 e. The molecule has 5 heteroatoms. The molecule has 0 fully saturated rings. The number of anilines is 1. The molecule has 1 aromatic heterocycles. The van der Waals surface area contributed by atoms with Crippen molar-refractivity contribution in [1.29, 1.82) is 0 Å². The second kappa shape index (κ2) is 6.74. The maximum absolute atomic E-state index is 12.0. The summed E-state index contributed by atoms with van der Waals surface area (Å²) in [7, 11) is 0. The predicted octanol–water partition coefficient (Wildman–Crippen LogP) is 4.13. The lowest BCUT2D eigenvalue weighted by atomic mass is 10.2. The van der Waals surface area contributed by atoms with Gasteiger partial charge in [-0.1, -0.05) is 24.3 Å². The van der Waals surface area contributed by atoms with Gasteiger partial charge in [-0.2, -0.15) is 0 Å². The van der Waals surface area contributed by atoms with Gasteiger partial charge in [0.1, 0.15) is 6.26 Å². The lowest BCUT2D eigenvalue weighted by Gasteiger charge is -2.03. The third kappa shape index (κ3) is 3.73. The van der Waals surface area contributed by atoms with E-state index in [4.69, 9.17) is 4.42 Å². The summed E-state index contributed by atoms with van der Waals surface area (Å²) < 4.78 is 6.50. The Bertz CT molecular complexity index is 784. The quantitative estimate of drug-likeness (QED) is 0.666. The standard InChI is InChI=1S/C17H13IN2O2/c18-13-7-4-8-14(9-13)19-16(21)10-15-11-22-17(20-15)12-5-2-1-3-6-12/h1-9,11H,10H2,(H,19,21). The van der Waals surface area contributed by atoms with Gasteiger partial charge in [-0.15, -0.1) is 0 Å². The second-order valence-corrected chi connectivity index (χ2v) is 5.99. The number of halogens is 1. The van der Waals surface area contributed by atoms with E-state index in [1.165, 1.54) is 6.26 Å². The number of hydrogen-bond donors (Lipinski definition) is 1. The summed E-state index contributed by atoms with van der Waals surface area (Å²) >= 11 is 2.21. The molecular formula is C17H13IN2O2. The molecule has 0 saturated heterocycles. The highest BCUT2D eigenvalue weighted by molar-refractivity contribution is 14.1. The molecule has 0 unspecified atom stereocenters. The number of carbonyl (C=O) groups is 1. The van der Waals surface area contributed by atoms with Crippen LogP contribution in [0.15, 0.2) is 65.3 Å². The van der Waals surface area contributed by atoms with Crippen LogP contribution in [0.3, 0.4) is 0 Å². The summed E-state index contributed by atoms with van der Waals surface area (Å²) in [5.74, 6) is 0.410. The molecule has 0 saturated carbocycles. The molecule has 3 aromatic rings. The zero-order valence-electron chi connectivity index (χ0n) is 11.6. The second-order valence-electron chi connectivity index (χ2n) is 4.75. The van der Waals surface area contributed by atoms with Gasteiger partial charge in [-0.25, -0.2) is 4.98 Å². The molecular weight excluding hydrogens is 391 g/mol. The number of rotatable bonds is 4. The normalized spacial score (nSPS) is 10.4. The van der Waals surface area contributed by atoms with Crippen LogP contribution in [0.25, 0.3) is 11.5 Å². The first kappa shape index (κ1) is 14.8. The molecule has 3 rings (SSSR count). The van der Waals surface area contributed by atoms with E-state index in [0.29, 0.717) is 11.6 Å². The van der Waals surface area contributed by atoms with Crippen LogP contribution in [-0.2, 0) is 11.2 Å². The minimum atomic E-state index is -0.116. The first-order chi connectivity index (χ1) is 10.7. The van der Waals surface area contributed by atoms with Crippen LogP contribution in [0.4, 0.5) is 5.69 Å². The van der Waals surface area contributed by atoms with Crippen molar-refractivity contribution in [3.63, 3.8) is 0 Å². The van der Waals surface area contributed by atoms with Crippen LogP contribution in [0.5, 0.6) is 0 Å². The monoisotopic (exact) mass is 404 g/mol. The average Bonchev–Trinajstić information content (AvgIpc) is 2.96. The highest BCUT2D eigenvalue weighted by Crippen LogP contribution is 2.18. The Balaban J connectivity index is 1.66. The van der Waals surface area contributed by atoms with Gasteiger partial charge in [0.25, 0.3) is 0 Å². The van der Waals surface area contributed by atoms with E-state index in [9.17, 15) is 4.79 Å². The molecule has 22 heavy (non-hydrogen) atoms. The van der Waals surface area contributed by atoms with Crippen LogP contribution < -0.4 is 5.32 Å². The zero-order chi connectivity index (χ0) is 15.4. The fourth-order valence-electron chi connectivity index (χ4n) is 2.04. The molecule has 110 valence electrons. The van der Waals surface area contributed by atoms with E-state index < -0.39 is 0 Å². The van der Waals surface area contributed by atoms with Gasteiger partial charge in [0, 0.05) is 14.8 Å². The molecule has 1 amide bonds. The summed E-state index contributed by atoms with van der Waals surface area (Å²) in [6.45, 7) is 0. The fraction of sp³-hybridized carbons (Fsp3) is 0.0588. The van der Waals surface area contributed by atoms with Crippen molar-refractivity contribution in [3.05, 3.63) is 70.1 Å². The Hall–Kier alpha value is -2.15. The van der Waals surface area contributed by atoms with E-state index in [0.717, 1.165) is 14.8 Å². The smallest absolute Gasteiger partial charge is 0.230 e. The summed E-state index contributed by atoms with van der Waals surface area (Å²) in [4.78, 5) is 16.4. The minimum absolute atomic E-state index is 0.116. The third-order valence-corrected chi connectivity index (χ3v) is 3.69. The molecule has 0 aliphatic rings. The van der Waals surface area contributed by atoms with Gasteiger partial charge in [-0.3, -0.25) is 4.79 Å². The Kier molecular flexibility index (Phi) is 4.53. The summed E-state index contributed by atoms with van der Waals surface area (Å²) in [6.07, 6.45) is 1.71. The molecule has 1 heterocycles. The number of benzene rings is 2. The molecule has 1 N–H and O–H groups in total. The van der Waals surface area contributed by atoms with Gasteiger partial charge in [0.15, 0.2) is 0 Å². The lowest BCUT2D eigenvalue weighted by Crippen LogP contribution is -2.14. The van der Waals surface area contributed by atoms with Crippen molar-refractivity contribution in [2.24, 2.45) is 0 Å². The summed E-state index contributed by atoms with van der Waals surface area (Å²) in [5, 5.41) is 2.85. The van der Waals surface area contributed by atoms with Gasteiger partial charge in [-0.05, 0) is 52.9 Å². The van der Waals surface area contributed by atoms with E-state index in [-0.39, 0.29) is 12.3 Å². The Morgan fingerprint density at radius 3 is 2.73 bits per heavy atom. The van der Waals surface area contributed by atoms with Crippen molar-refractivity contribution in [1.82, 2.24) is 4.98 Å². The van der Waals surface area contributed by atoms with E-state index in [1.807, 2.05) is 54.6 Å². The third-order valence-electron chi connectivity index (χ3n) is 3.02.